The van der Waals surface area contributed by atoms with Gasteiger partial charge < -0.3 is 28.8 Å². The van der Waals surface area contributed by atoms with Crippen molar-refractivity contribution >= 4 is 28.5 Å². The molecule has 0 unspecified atom stereocenters. The number of imidazole rings is 1. The number of aromatic nitrogens is 3. The quantitative estimate of drug-likeness (QED) is 0.665. The fraction of sp³-hybridized carbons (Fsp3) is 0.455. The van der Waals surface area contributed by atoms with Gasteiger partial charge in [-0.05, 0) is 24.6 Å². The van der Waals surface area contributed by atoms with Gasteiger partial charge in [0.15, 0.2) is 11.8 Å². The Hall–Kier alpha value is -2.39. The Morgan fingerprint density at radius 3 is 2.74 bits per heavy atom. The maximum atomic E-state index is 6.56. The minimum atomic E-state index is -0.171. The van der Waals surface area contributed by atoms with Gasteiger partial charge in [0, 0.05) is 30.9 Å². The summed E-state index contributed by atoms with van der Waals surface area (Å²) in [6, 6.07) is 10.5. The lowest BCUT2D eigenvalue weighted by Gasteiger charge is -2.28. The Bertz CT molecular complexity index is 1080. The molecule has 0 aliphatic carbocycles. The number of hydrogen-bond acceptors (Lipinski definition) is 7. The van der Waals surface area contributed by atoms with Gasteiger partial charge in [0.2, 0.25) is 0 Å². The molecule has 3 saturated heterocycles. The number of aromatic amines is 1. The Kier molecular flexibility index (Phi) is 4.95. The SMILES string of the molecule is Clc1cc2[nH]c(O[C@@H]3CO[C@@H]4CCO[C@@H]43)nc2nc1-c1ccc(N2CCOCC2)cc1. The number of halogens is 1. The second-order valence-corrected chi connectivity index (χ2v) is 8.44. The van der Waals surface area contributed by atoms with E-state index in [1.165, 1.54) is 5.69 Å². The van der Waals surface area contributed by atoms with Crippen LogP contribution in [0, 0.1) is 0 Å². The third-order valence-electron chi connectivity index (χ3n) is 6.11. The first-order valence-electron chi connectivity index (χ1n) is 10.6. The lowest BCUT2D eigenvalue weighted by atomic mass is 10.1. The number of hydrogen-bond donors (Lipinski definition) is 1. The van der Waals surface area contributed by atoms with Gasteiger partial charge in [-0.3, -0.25) is 0 Å². The van der Waals surface area contributed by atoms with Crippen LogP contribution in [0.5, 0.6) is 6.01 Å². The monoisotopic (exact) mass is 442 g/mol. The van der Waals surface area contributed by atoms with Gasteiger partial charge in [-0.15, -0.1) is 0 Å². The third-order valence-corrected chi connectivity index (χ3v) is 6.39. The van der Waals surface area contributed by atoms with Crippen molar-refractivity contribution in [3.8, 4) is 17.3 Å². The van der Waals surface area contributed by atoms with Gasteiger partial charge >= 0.3 is 0 Å². The fourth-order valence-electron chi connectivity index (χ4n) is 4.48. The highest BCUT2D eigenvalue weighted by Crippen LogP contribution is 2.32. The summed E-state index contributed by atoms with van der Waals surface area (Å²) in [5.41, 5.74) is 4.11. The maximum Gasteiger partial charge on any atom is 0.296 e. The smallest absolute Gasteiger partial charge is 0.296 e. The molecule has 1 N–H and O–H groups in total. The van der Waals surface area contributed by atoms with Gasteiger partial charge in [0.1, 0.15) is 6.10 Å². The molecule has 2 aromatic heterocycles. The van der Waals surface area contributed by atoms with Crippen LogP contribution in [0.15, 0.2) is 30.3 Å². The number of morpholine rings is 1. The number of H-pyrrole nitrogens is 1. The fourth-order valence-corrected chi connectivity index (χ4v) is 4.74. The topological polar surface area (TPSA) is 81.7 Å². The molecule has 0 spiro atoms. The van der Waals surface area contributed by atoms with Crippen LogP contribution in [0.25, 0.3) is 22.4 Å². The number of nitrogens with zero attached hydrogens (tertiary/aromatic N) is 3. The first-order valence-corrected chi connectivity index (χ1v) is 11.0. The molecule has 6 rings (SSSR count). The van der Waals surface area contributed by atoms with Crippen LogP contribution in [-0.4, -0.2) is 72.8 Å². The van der Waals surface area contributed by atoms with E-state index in [0.29, 0.717) is 35.6 Å². The van der Waals surface area contributed by atoms with Crippen LogP contribution in [0.3, 0.4) is 0 Å². The molecule has 31 heavy (non-hydrogen) atoms. The summed E-state index contributed by atoms with van der Waals surface area (Å²) in [6.07, 6.45) is 0.824. The molecule has 3 aliphatic rings. The summed E-state index contributed by atoms with van der Waals surface area (Å²) < 4.78 is 23.0. The zero-order valence-corrected chi connectivity index (χ0v) is 17.7. The molecule has 0 amide bonds. The van der Waals surface area contributed by atoms with Crippen LogP contribution in [0.4, 0.5) is 5.69 Å². The van der Waals surface area contributed by atoms with E-state index in [9.17, 15) is 0 Å². The van der Waals surface area contributed by atoms with E-state index in [0.717, 1.165) is 43.8 Å². The van der Waals surface area contributed by atoms with Crippen molar-refractivity contribution in [2.24, 2.45) is 0 Å². The maximum absolute atomic E-state index is 6.56. The largest absolute Gasteiger partial charge is 0.456 e. The van der Waals surface area contributed by atoms with Gasteiger partial charge in [-0.1, -0.05) is 23.7 Å². The Morgan fingerprint density at radius 1 is 1.06 bits per heavy atom. The average Bonchev–Trinajstić information content (AvgIpc) is 3.51. The first kappa shape index (κ1) is 19.3. The molecule has 162 valence electrons. The molecule has 0 bridgehead atoms. The van der Waals surface area contributed by atoms with Crippen molar-refractivity contribution in [2.75, 3.05) is 44.4 Å². The number of benzene rings is 1. The van der Waals surface area contributed by atoms with Crippen LogP contribution in [-0.2, 0) is 14.2 Å². The number of fused-ring (bicyclic) bond motifs is 2. The van der Waals surface area contributed by atoms with Crippen LogP contribution >= 0.6 is 11.6 Å². The number of pyridine rings is 1. The van der Waals surface area contributed by atoms with Gasteiger partial charge in [0.05, 0.1) is 42.2 Å². The highest BCUT2D eigenvalue weighted by molar-refractivity contribution is 6.33. The van der Waals surface area contributed by atoms with Crippen molar-refractivity contribution in [1.29, 1.82) is 0 Å². The van der Waals surface area contributed by atoms with E-state index in [1.54, 1.807) is 0 Å². The van der Waals surface area contributed by atoms with Crippen LogP contribution in [0.2, 0.25) is 5.02 Å². The normalized spacial score (nSPS) is 25.8. The number of anilines is 1. The third kappa shape index (κ3) is 3.63. The highest BCUT2D eigenvalue weighted by Gasteiger charge is 2.43. The number of nitrogens with one attached hydrogen (secondary N) is 1. The van der Waals surface area contributed by atoms with Gasteiger partial charge in [-0.25, -0.2) is 4.98 Å². The molecule has 0 saturated carbocycles. The van der Waals surface area contributed by atoms with Crippen molar-refractivity contribution < 1.29 is 18.9 Å². The Labute approximate surface area is 184 Å². The zero-order chi connectivity index (χ0) is 20.8. The standard InChI is InChI=1S/C22H23ClN4O4/c23-15-11-16-21(26-22(24-16)31-18-12-30-17-5-8-29-20(17)18)25-19(15)13-1-3-14(4-2-13)27-6-9-28-10-7-27/h1-4,11,17-18,20H,5-10,12H2,(H,24,25,26)/t17-,18-,20+/m1/s1. The average molecular weight is 443 g/mol. The summed E-state index contributed by atoms with van der Waals surface area (Å²) in [4.78, 5) is 14.7. The molecule has 3 fully saturated rings. The Morgan fingerprint density at radius 2 is 1.90 bits per heavy atom. The summed E-state index contributed by atoms with van der Waals surface area (Å²) in [7, 11) is 0. The lowest BCUT2D eigenvalue weighted by Crippen LogP contribution is -2.36. The molecular formula is C22H23ClN4O4. The molecule has 3 aromatic rings. The minimum absolute atomic E-state index is 0.0368. The zero-order valence-electron chi connectivity index (χ0n) is 16.9. The van der Waals surface area contributed by atoms with Gasteiger partial charge in [0.25, 0.3) is 6.01 Å². The molecule has 3 atom stereocenters. The highest BCUT2D eigenvalue weighted by atomic mass is 35.5. The van der Waals surface area contributed by atoms with Gasteiger partial charge in [-0.2, -0.15) is 4.98 Å². The number of rotatable bonds is 4. The van der Waals surface area contributed by atoms with E-state index in [2.05, 4.69) is 27.0 Å². The molecule has 5 heterocycles. The predicted molar refractivity (Wildman–Crippen MR) is 116 cm³/mol. The van der Waals surface area contributed by atoms with E-state index < -0.39 is 0 Å². The van der Waals surface area contributed by atoms with Crippen molar-refractivity contribution in [2.45, 2.75) is 24.7 Å². The Balaban J connectivity index is 1.24. The summed E-state index contributed by atoms with van der Waals surface area (Å²) in [6.45, 7) is 4.53. The van der Waals surface area contributed by atoms with Crippen molar-refractivity contribution in [1.82, 2.24) is 15.0 Å². The van der Waals surface area contributed by atoms with Crippen LogP contribution in [0.1, 0.15) is 6.42 Å². The summed E-state index contributed by atoms with van der Waals surface area (Å²) >= 11 is 6.56. The lowest BCUT2D eigenvalue weighted by molar-refractivity contribution is 0.0273. The second-order valence-electron chi connectivity index (χ2n) is 8.03. The number of ether oxygens (including phenoxy) is 4. The van der Waals surface area contributed by atoms with E-state index in [4.69, 9.17) is 35.5 Å². The summed E-state index contributed by atoms with van der Waals surface area (Å²) in [5, 5.41) is 0.560. The van der Waals surface area contributed by atoms with Crippen LogP contribution < -0.4 is 9.64 Å². The molecule has 9 heteroatoms. The second kappa shape index (κ2) is 7.94. The molecule has 8 nitrogen and oxygen atoms in total. The minimum Gasteiger partial charge on any atom is -0.456 e. The first-order chi connectivity index (χ1) is 15.2. The van der Waals surface area contributed by atoms with Crippen molar-refractivity contribution in [3.63, 3.8) is 0 Å². The van der Waals surface area contributed by atoms with E-state index in [-0.39, 0.29) is 18.3 Å². The summed E-state index contributed by atoms with van der Waals surface area (Å²) in [5.74, 6) is 0. The molecular weight excluding hydrogens is 420 g/mol. The predicted octanol–water partition coefficient (Wildman–Crippen LogP) is 3.05. The molecule has 0 radical (unpaired) electrons. The molecule has 3 aliphatic heterocycles. The van der Waals surface area contributed by atoms with E-state index >= 15 is 0 Å². The van der Waals surface area contributed by atoms with E-state index in [1.807, 2.05) is 18.2 Å². The molecule has 1 aromatic carbocycles. The van der Waals surface area contributed by atoms with Crippen molar-refractivity contribution in [3.05, 3.63) is 35.4 Å².